The number of hydrogen-bond donors (Lipinski definition) is 1. The van der Waals surface area contributed by atoms with Crippen LogP contribution in [0.15, 0.2) is 18.5 Å². The Morgan fingerprint density at radius 3 is 2.67 bits per heavy atom. The van der Waals surface area contributed by atoms with Gasteiger partial charge in [0, 0.05) is 18.9 Å². The van der Waals surface area contributed by atoms with Crippen molar-refractivity contribution in [3.05, 3.63) is 29.0 Å². The van der Waals surface area contributed by atoms with E-state index in [1.165, 1.54) is 31.2 Å². The molecule has 0 bridgehead atoms. The van der Waals surface area contributed by atoms with Crippen molar-refractivity contribution in [3.63, 3.8) is 0 Å². The molecule has 1 rings (SSSR count). The van der Waals surface area contributed by atoms with Gasteiger partial charge in [0.1, 0.15) is 0 Å². The number of hydrogen-bond acceptors (Lipinski definition) is 2. The van der Waals surface area contributed by atoms with Crippen LogP contribution in [0.25, 0.3) is 0 Å². The lowest BCUT2D eigenvalue weighted by atomic mass is 9.75. The van der Waals surface area contributed by atoms with Crippen LogP contribution in [0.1, 0.15) is 58.9 Å². The fourth-order valence-electron chi connectivity index (χ4n) is 2.80. The maximum absolute atomic E-state index is 6.32. The monoisotopic (exact) mass is 310 g/mol. The Morgan fingerprint density at radius 1 is 1.33 bits per heavy atom. The topological polar surface area (TPSA) is 24.9 Å². The molecule has 120 valence electrons. The maximum Gasteiger partial charge on any atom is 0.0621 e. The van der Waals surface area contributed by atoms with Crippen LogP contribution in [0.3, 0.4) is 0 Å². The van der Waals surface area contributed by atoms with Gasteiger partial charge >= 0.3 is 0 Å². The summed E-state index contributed by atoms with van der Waals surface area (Å²) in [4.78, 5) is 4.10. The van der Waals surface area contributed by atoms with Crippen LogP contribution < -0.4 is 5.32 Å². The van der Waals surface area contributed by atoms with E-state index in [1.807, 2.05) is 6.20 Å². The molecule has 0 fully saturated rings. The quantitative estimate of drug-likeness (QED) is 0.649. The lowest BCUT2D eigenvalue weighted by Gasteiger charge is -2.34. The van der Waals surface area contributed by atoms with Crippen molar-refractivity contribution >= 4 is 11.6 Å². The van der Waals surface area contributed by atoms with E-state index in [1.54, 1.807) is 6.20 Å². The minimum absolute atomic E-state index is 0.301. The molecule has 3 heteroatoms. The van der Waals surface area contributed by atoms with Crippen LogP contribution in [0.5, 0.6) is 0 Å². The predicted octanol–water partition coefficient (Wildman–Crippen LogP) is 5.11. The third-order valence-electron chi connectivity index (χ3n) is 4.29. The first-order valence-electron chi connectivity index (χ1n) is 8.32. The van der Waals surface area contributed by atoms with Crippen LogP contribution in [-0.2, 0) is 6.42 Å². The summed E-state index contributed by atoms with van der Waals surface area (Å²) in [6, 6.07) is 2.07. The SMILES string of the molecule is CCCCC(CC)(CNCC(C)C)Cc1ccncc1Cl. The molecule has 1 aromatic rings. The molecular weight excluding hydrogens is 280 g/mol. The van der Waals surface area contributed by atoms with Gasteiger partial charge in [-0.3, -0.25) is 4.98 Å². The zero-order chi connectivity index (χ0) is 15.7. The molecule has 0 amide bonds. The molecule has 1 heterocycles. The zero-order valence-corrected chi connectivity index (χ0v) is 14.8. The van der Waals surface area contributed by atoms with E-state index in [0.717, 1.165) is 24.5 Å². The summed E-state index contributed by atoms with van der Waals surface area (Å²) in [5.74, 6) is 0.690. The average Bonchev–Trinajstić information content (AvgIpc) is 2.46. The lowest BCUT2D eigenvalue weighted by Crippen LogP contribution is -2.37. The van der Waals surface area contributed by atoms with E-state index in [2.05, 4.69) is 44.1 Å². The highest BCUT2D eigenvalue weighted by Gasteiger charge is 2.28. The van der Waals surface area contributed by atoms with E-state index >= 15 is 0 Å². The van der Waals surface area contributed by atoms with Gasteiger partial charge in [-0.1, -0.05) is 52.1 Å². The first kappa shape index (κ1) is 18.4. The number of pyridine rings is 1. The lowest BCUT2D eigenvalue weighted by molar-refractivity contribution is 0.226. The molecule has 0 aromatic carbocycles. The Kier molecular flexibility index (Phi) is 8.28. The van der Waals surface area contributed by atoms with E-state index in [0.29, 0.717) is 11.3 Å². The molecule has 1 N–H and O–H groups in total. The Balaban J connectivity index is 2.81. The summed E-state index contributed by atoms with van der Waals surface area (Å²) in [5.41, 5.74) is 1.53. The summed E-state index contributed by atoms with van der Waals surface area (Å²) in [7, 11) is 0. The van der Waals surface area contributed by atoms with Crippen molar-refractivity contribution in [2.24, 2.45) is 11.3 Å². The number of nitrogens with zero attached hydrogens (tertiary/aromatic N) is 1. The highest BCUT2D eigenvalue weighted by atomic mass is 35.5. The number of nitrogens with one attached hydrogen (secondary N) is 1. The fraction of sp³-hybridized carbons (Fsp3) is 0.722. The van der Waals surface area contributed by atoms with Crippen LogP contribution in [-0.4, -0.2) is 18.1 Å². The summed E-state index contributed by atoms with van der Waals surface area (Å²) in [5, 5.41) is 4.47. The average molecular weight is 311 g/mol. The van der Waals surface area contributed by atoms with Gasteiger partial charge in [-0.15, -0.1) is 0 Å². The molecule has 0 saturated heterocycles. The molecule has 0 radical (unpaired) electrons. The first-order valence-corrected chi connectivity index (χ1v) is 8.70. The second-order valence-electron chi connectivity index (χ2n) is 6.63. The second kappa shape index (κ2) is 9.42. The molecule has 1 aromatic heterocycles. The minimum atomic E-state index is 0.301. The number of halogens is 1. The van der Waals surface area contributed by atoms with Crippen LogP contribution >= 0.6 is 11.6 Å². The zero-order valence-electron chi connectivity index (χ0n) is 14.1. The number of rotatable bonds is 10. The molecule has 1 unspecified atom stereocenters. The van der Waals surface area contributed by atoms with Crippen molar-refractivity contribution in [2.45, 2.75) is 59.8 Å². The molecule has 21 heavy (non-hydrogen) atoms. The van der Waals surface area contributed by atoms with Crippen molar-refractivity contribution in [1.29, 1.82) is 0 Å². The van der Waals surface area contributed by atoms with Gasteiger partial charge in [0.25, 0.3) is 0 Å². The highest BCUT2D eigenvalue weighted by Crippen LogP contribution is 2.34. The molecule has 1 atom stereocenters. The number of aromatic nitrogens is 1. The van der Waals surface area contributed by atoms with Crippen LogP contribution in [0.2, 0.25) is 5.02 Å². The largest absolute Gasteiger partial charge is 0.316 e. The van der Waals surface area contributed by atoms with E-state index in [-0.39, 0.29) is 0 Å². The third kappa shape index (κ3) is 6.36. The van der Waals surface area contributed by atoms with Crippen molar-refractivity contribution in [1.82, 2.24) is 10.3 Å². The molecular formula is C18H31ClN2. The molecule has 0 spiro atoms. The second-order valence-corrected chi connectivity index (χ2v) is 7.03. The Morgan fingerprint density at radius 2 is 2.10 bits per heavy atom. The van der Waals surface area contributed by atoms with E-state index in [4.69, 9.17) is 11.6 Å². The Hall–Kier alpha value is -0.600. The van der Waals surface area contributed by atoms with E-state index < -0.39 is 0 Å². The van der Waals surface area contributed by atoms with Gasteiger partial charge in [0.05, 0.1) is 5.02 Å². The third-order valence-corrected chi connectivity index (χ3v) is 4.63. The van der Waals surface area contributed by atoms with Gasteiger partial charge in [0.2, 0.25) is 0 Å². The highest BCUT2D eigenvalue weighted by molar-refractivity contribution is 6.31. The summed E-state index contributed by atoms with van der Waals surface area (Å²) < 4.78 is 0. The summed E-state index contributed by atoms with van der Waals surface area (Å²) in [6.45, 7) is 11.2. The fourth-order valence-corrected chi connectivity index (χ4v) is 2.98. The van der Waals surface area contributed by atoms with Crippen molar-refractivity contribution in [3.8, 4) is 0 Å². The van der Waals surface area contributed by atoms with Gasteiger partial charge < -0.3 is 5.32 Å². The molecule has 0 saturated carbocycles. The van der Waals surface area contributed by atoms with Gasteiger partial charge in [0.15, 0.2) is 0 Å². The molecule has 2 nitrogen and oxygen atoms in total. The van der Waals surface area contributed by atoms with Crippen LogP contribution in [0.4, 0.5) is 0 Å². The molecule has 0 aliphatic rings. The smallest absolute Gasteiger partial charge is 0.0621 e. The van der Waals surface area contributed by atoms with Crippen LogP contribution in [0, 0.1) is 11.3 Å². The van der Waals surface area contributed by atoms with Gasteiger partial charge in [-0.2, -0.15) is 0 Å². The maximum atomic E-state index is 6.32. The number of unbranched alkanes of at least 4 members (excludes halogenated alkanes) is 1. The summed E-state index contributed by atoms with van der Waals surface area (Å²) in [6.07, 6.45) is 9.61. The van der Waals surface area contributed by atoms with Crippen molar-refractivity contribution in [2.75, 3.05) is 13.1 Å². The van der Waals surface area contributed by atoms with Crippen molar-refractivity contribution < 1.29 is 0 Å². The normalized spacial score (nSPS) is 14.4. The standard InChI is InChI=1S/C18H31ClN2/c1-5-7-9-18(6-2,14-21-12-15(3)4)11-16-8-10-20-13-17(16)19/h8,10,13,15,21H,5-7,9,11-12,14H2,1-4H3. The summed E-state index contributed by atoms with van der Waals surface area (Å²) >= 11 is 6.32. The van der Waals surface area contributed by atoms with Gasteiger partial charge in [-0.25, -0.2) is 0 Å². The first-order chi connectivity index (χ1) is 10.0. The Labute approximate surface area is 135 Å². The Bertz CT molecular complexity index is 406. The predicted molar refractivity (Wildman–Crippen MR) is 92.9 cm³/mol. The molecule has 0 aliphatic heterocycles. The van der Waals surface area contributed by atoms with Gasteiger partial charge in [-0.05, 0) is 48.8 Å². The minimum Gasteiger partial charge on any atom is -0.316 e. The molecule has 0 aliphatic carbocycles. The van der Waals surface area contributed by atoms with E-state index in [9.17, 15) is 0 Å².